The Bertz CT molecular complexity index is 455. The molecule has 4 fully saturated rings. The standard InChI is InChI=1S/C19H29NO/c1-19-10-13-3-2-12-8-16(21)6-7-17(12)18(13)9-14(19)4-5-15(19)11-20/h12-18,21H,2-10H2,1H3/t12-,13-,14?,15-,16?,17-,18-,19+/m0/s1. The monoisotopic (exact) mass is 287 g/mol. The van der Waals surface area contributed by atoms with Crippen molar-refractivity contribution >= 4 is 0 Å². The van der Waals surface area contributed by atoms with Crippen molar-refractivity contribution in [3.05, 3.63) is 0 Å². The second kappa shape index (κ2) is 4.98. The molecule has 21 heavy (non-hydrogen) atoms. The number of hydrogen-bond donors (Lipinski definition) is 1. The molecule has 2 nitrogen and oxygen atoms in total. The lowest BCUT2D eigenvalue weighted by atomic mass is 9.50. The van der Waals surface area contributed by atoms with Gasteiger partial charge in [-0.1, -0.05) is 6.92 Å². The van der Waals surface area contributed by atoms with Gasteiger partial charge in [0.05, 0.1) is 18.1 Å². The first kappa shape index (κ1) is 14.1. The molecule has 0 aromatic carbocycles. The second-order valence-corrected chi connectivity index (χ2v) is 8.79. The molecular weight excluding hydrogens is 258 g/mol. The Morgan fingerprint density at radius 2 is 1.76 bits per heavy atom. The van der Waals surface area contributed by atoms with E-state index in [0.29, 0.717) is 11.3 Å². The number of nitriles is 1. The molecule has 0 aromatic heterocycles. The van der Waals surface area contributed by atoms with Crippen molar-refractivity contribution in [1.82, 2.24) is 0 Å². The van der Waals surface area contributed by atoms with E-state index < -0.39 is 0 Å². The molecule has 0 heterocycles. The molecular formula is C19H29NO. The van der Waals surface area contributed by atoms with E-state index in [1.807, 2.05) is 0 Å². The van der Waals surface area contributed by atoms with Crippen molar-refractivity contribution in [2.24, 2.45) is 40.9 Å². The minimum atomic E-state index is -0.0221. The first-order chi connectivity index (χ1) is 10.1. The summed E-state index contributed by atoms with van der Waals surface area (Å²) >= 11 is 0. The van der Waals surface area contributed by atoms with Crippen LogP contribution in [0, 0.1) is 52.3 Å². The number of aliphatic hydroxyl groups is 1. The van der Waals surface area contributed by atoms with Crippen LogP contribution < -0.4 is 0 Å². The third kappa shape index (κ3) is 2.07. The number of fused-ring (bicyclic) bond motifs is 4. The summed E-state index contributed by atoms with van der Waals surface area (Å²) in [5, 5.41) is 19.5. The van der Waals surface area contributed by atoms with Gasteiger partial charge in [0.1, 0.15) is 0 Å². The Kier molecular flexibility index (Phi) is 3.34. The fourth-order valence-electron chi connectivity index (χ4n) is 6.88. The second-order valence-electron chi connectivity index (χ2n) is 8.79. The Morgan fingerprint density at radius 1 is 0.952 bits per heavy atom. The van der Waals surface area contributed by atoms with Gasteiger partial charge >= 0.3 is 0 Å². The van der Waals surface area contributed by atoms with Gasteiger partial charge in [-0.15, -0.1) is 0 Å². The zero-order valence-electron chi connectivity index (χ0n) is 13.3. The van der Waals surface area contributed by atoms with Crippen molar-refractivity contribution in [3.8, 4) is 6.07 Å². The fourth-order valence-corrected chi connectivity index (χ4v) is 6.88. The number of hydrogen-bond acceptors (Lipinski definition) is 2. The summed E-state index contributed by atoms with van der Waals surface area (Å²) in [5.41, 5.74) is 0.316. The van der Waals surface area contributed by atoms with Crippen molar-refractivity contribution in [2.75, 3.05) is 0 Å². The maximum absolute atomic E-state index is 9.97. The molecule has 4 aliphatic carbocycles. The third-order valence-electron chi connectivity index (χ3n) is 8.02. The zero-order valence-corrected chi connectivity index (χ0v) is 13.3. The molecule has 8 atom stereocenters. The summed E-state index contributed by atoms with van der Waals surface area (Å²) in [4.78, 5) is 0. The van der Waals surface area contributed by atoms with Gasteiger partial charge in [0.25, 0.3) is 0 Å². The summed E-state index contributed by atoms with van der Waals surface area (Å²) in [6.07, 6.45) is 11.2. The highest BCUT2D eigenvalue weighted by Gasteiger charge is 2.55. The van der Waals surface area contributed by atoms with E-state index in [0.717, 1.165) is 48.9 Å². The normalized spacial score (nSPS) is 56.0. The topological polar surface area (TPSA) is 44.0 Å². The van der Waals surface area contributed by atoms with Crippen molar-refractivity contribution in [2.45, 2.75) is 70.8 Å². The van der Waals surface area contributed by atoms with Crippen LogP contribution in [0.1, 0.15) is 64.7 Å². The molecule has 0 saturated heterocycles. The van der Waals surface area contributed by atoms with Crippen LogP contribution in [0.15, 0.2) is 0 Å². The molecule has 2 unspecified atom stereocenters. The molecule has 4 rings (SSSR count). The van der Waals surface area contributed by atoms with Crippen LogP contribution in [-0.2, 0) is 0 Å². The Labute approximate surface area is 128 Å². The Balaban J connectivity index is 1.55. The highest BCUT2D eigenvalue weighted by molar-refractivity contribution is 5.09. The van der Waals surface area contributed by atoms with Crippen LogP contribution in [0.3, 0.4) is 0 Å². The molecule has 4 saturated carbocycles. The third-order valence-corrected chi connectivity index (χ3v) is 8.02. The van der Waals surface area contributed by atoms with Gasteiger partial charge in [0, 0.05) is 0 Å². The van der Waals surface area contributed by atoms with Crippen LogP contribution in [0.2, 0.25) is 0 Å². The van der Waals surface area contributed by atoms with E-state index in [4.69, 9.17) is 0 Å². The van der Waals surface area contributed by atoms with E-state index in [-0.39, 0.29) is 6.10 Å². The van der Waals surface area contributed by atoms with E-state index in [2.05, 4.69) is 13.0 Å². The van der Waals surface area contributed by atoms with Gasteiger partial charge < -0.3 is 5.11 Å². The highest BCUT2D eigenvalue weighted by atomic mass is 16.3. The molecule has 116 valence electrons. The van der Waals surface area contributed by atoms with Crippen molar-refractivity contribution in [1.29, 1.82) is 5.26 Å². The van der Waals surface area contributed by atoms with Crippen LogP contribution in [0.4, 0.5) is 0 Å². The zero-order chi connectivity index (χ0) is 14.6. The molecule has 0 aromatic rings. The summed E-state index contributed by atoms with van der Waals surface area (Å²) in [6, 6.07) is 2.63. The van der Waals surface area contributed by atoms with E-state index in [9.17, 15) is 10.4 Å². The lowest BCUT2D eigenvalue weighted by molar-refractivity contribution is -0.0630. The number of nitrogens with zero attached hydrogens (tertiary/aromatic N) is 1. The summed E-state index contributed by atoms with van der Waals surface area (Å²) < 4.78 is 0. The van der Waals surface area contributed by atoms with E-state index in [1.165, 1.54) is 38.5 Å². The molecule has 4 aliphatic rings. The summed E-state index contributed by atoms with van der Waals surface area (Å²) in [5.74, 6) is 4.58. The number of rotatable bonds is 0. The number of aliphatic hydroxyl groups excluding tert-OH is 1. The Hall–Kier alpha value is -0.550. The van der Waals surface area contributed by atoms with Gasteiger partial charge in [0.15, 0.2) is 0 Å². The molecule has 0 spiro atoms. The molecule has 2 heteroatoms. The average molecular weight is 287 g/mol. The minimum Gasteiger partial charge on any atom is -0.393 e. The molecule has 0 radical (unpaired) electrons. The first-order valence-electron chi connectivity index (χ1n) is 9.19. The molecule has 1 N–H and O–H groups in total. The van der Waals surface area contributed by atoms with E-state index in [1.54, 1.807) is 0 Å². The minimum absolute atomic E-state index is 0.0221. The SMILES string of the molecule is C[C@@]12C[C@@H]3CC[C@H]4CC(O)CC[C@@H]4[C@H]3CC1CC[C@H]2C#N. The van der Waals surface area contributed by atoms with Gasteiger partial charge in [-0.2, -0.15) is 5.26 Å². The molecule has 0 bridgehead atoms. The lowest BCUT2D eigenvalue weighted by Gasteiger charge is -2.54. The fraction of sp³-hybridized carbons (Fsp3) is 0.947. The predicted molar refractivity (Wildman–Crippen MR) is 82.2 cm³/mol. The van der Waals surface area contributed by atoms with Crippen LogP contribution in [-0.4, -0.2) is 11.2 Å². The molecule has 0 aliphatic heterocycles. The quantitative estimate of drug-likeness (QED) is 0.727. The summed E-state index contributed by atoms with van der Waals surface area (Å²) in [6.45, 7) is 2.42. The van der Waals surface area contributed by atoms with Crippen LogP contribution in [0.5, 0.6) is 0 Å². The summed E-state index contributed by atoms with van der Waals surface area (Å²) in [7, 11) is 0. The molecule has 0 amide bonds. The average Bonchev–Trinajstić information content (AvgIpc) is 2.80. The van der Waals surface area contributed by atoms with Crippen LogP contribution >= 0.6 is 0 Å². The lowest BCUT2D eigenvalue weighted by Crippen LogP contribution is -2.47. The maximum atomic E-state index is 9.97. The predicted octanol–water partition coefficient (Wildman–Crippen LogP) is 4.14. The highest BCUT2D eigenvalue weighted by Crippen LogP contribution is 2.63. The van der Waals surface area contributed by atoms with Crippen molar-refractivity contribution in [3.63, 3.8) is 0 Å². The van der Waals surface area contributed by atoms with Gasteiger partial charge in [0.2, 0.25) is 0 Å². The van der Waals surface area contributed by atoms with Gasteiger partial charge in [-0.3, -0.25) is 0 Å². The van der Waals surface area contributed by atoms with E-state index >= 15 is 0 Å². The maximum Gasteiger partial charge on any atom is 0.0661 e. The first-order valence-corrected chi connectivity index (χ1v) is 9.19. The smallest absolute Gasteiger partial charge is 0.0661 e. The largest absolute Gasteiger partial charge is 0.393 e. The van der Waals surface area contributed by atoms with Crippen LogP contribution in [0.25, 0.3) is 0 Å². The van der Waals surface area contributed by atoms with Gasteiger partial charge in [-0.25, -0.2) is 0 Å². The Morgan fingerprint density at radius 3 is 2.57 bits per heavy atom. The van der Waals surface area contributed by atoms with Crippen molar-refractivity contribution < 1.29 is 5.11 Å². The van der Waals surface area contributed by atoms with Gasteiger partial charge in [-0.05, 0) is 92.8 Å².